The zero-order valence-corrected chi connectivity index (χ0v) is 29.4. The average molecular weight is 657 g/mol. The molecule has 0 radical (unpaired) electrons. The molecule has 6 aromatic rings. The first-order valence-corrected chi connectivity index (χ1v) is 18.5. The Morgan fingerprint density at radius 3 is 1.35 bits per heavy atom. The summed E-state index contributed by atoms with van der Waals surface area (Å²) in [5, 5.41) is 0. The van der Waals surface area contributed by atoms with Crippen LogP contribution in [0.3, 0.4) is 0 Å². The molecular formula is C46H44N2S. The van der Waals surface area contributed by atoms with Crippen molar-refractivity contribution in [3.63, 3.8) is 0 Å². The fourth-order valence-corrected chi connectivity index (χ4v) is 7.53. The summed E-state index contributed by atoms with van der Waals surface area (Å²) < 4.78 is 0. The van der Waals surface area contributed by atoms with Crippen molar-refractivity contribution in [3.8, 4) is 0 Å². The highest BCUT2D eigenvalue weighted by Crippen LogP contribution is 2.51. The molecule has 0 unspecified atom stereocenters. The number of hydrogen-bond donors (Lipinski definition) is 0. The van der Waals surface area contributed by atoms with Crippen LogP contribution in [0.1, 0.15) is 61.8 Å². The third-order valence-electron chi connectivity index (χ3n) is 9.23. The van der Waals surface area contributed by atoms with Gasteiger partial charge in [0.2, 0.25) is 0 Å². The van der Waals surface area contributed by atoms with Crippen molar-refractivity contribution in [2.24, 2.45) is 0 Å². The largest absolute Gasteiger partial charge is 0.311 e. The van der Waals surface area contributed by atoms with Gasteiger partial charge in [-0.25, -0.2) is 0 Å². The van der Waals surface area contributed by atoms with Crippen molar-refractivity contribution in [1.29, 1.82) is 0 Å². The number of para-hydroxylation sites is 2. The highest BCUT2D eigenvalue weighted by atomic mass is 32.2. The van der Waals surface area contributed by atoms with Crippen LogP contribution in [0.15, 0.2) is 155 Å². The third-order valence-corrected chi connectivity index (χ3v) is 10.4. The van der Waals surface area contributed by atoms with Gasteiger partial charge in [-0.05, 0) is 121 Å². The lowest BCUT2D eigenvalue weighted by Gasteiger charge is -2.32. The predicted octanol–water partition coefficient (Wildman–Crippen LogP) is 13.9. The van der Waals surface area contributed by atoms with Gasteiger partial charge in [-0.3, -0.25) is 0 Å². The van der Waals surface area contributed by atoms with Gasteiger partial charge < -0.3 is 9.80 Å². The van der Waals surface area contributed by atoms with Gasteiger partial charge in [-0.15, -0.1) is 0 Å². The molecule has 49 heavy (non-hydrogen) atoms. The molecule has 1 heterocycles. The maximum absolute atomic E-state index is 2.37. The second kappa shape index (κ2) is 15.5. The third kappa shape index (κ3) is 7.53. The molecule has 0 bridgehead atoms. The Hall–Kier alpha value is -4.99. The molecule has 0 atom stereocenters. The summed E-state index contributed by atoms with van der Waals surface area (Å²) in [4.78, 5) is 7.30. The smallest absolute Gasteiger partial charge is 0.0601 e. The fourth-order valence-electron chi connectivity index (χ4n) is 6.48. The molecule has 1 aliphatic heterocycles. The van der Waals surface area contributed by atoms with E-state index in [-0.39, 0.29) is 0 Å². The van der Waals surface area contributed by atoms with E-state index in [1.54, 1.807) is 0 Å². The highest BCUT2D eigenvalue weighted by Gasteiger charge is 2.24. The molecule has 0 aliphatic carbocycles. The first-order chi connectivity index (χ1) is 24.2. The van der Waals surface area contributed by atoms with E-state index < -0.39 is 0 Å². The van der Waals surface area contributed by atoms with Gasteiger partial charge in [0, 0.05) is 32.5 Å². The zero-order chi connectivity index (χ0) is 33.4. The van der Waals surface area contributed by atoms with Crippen LogP contribution in [0.2, 0.25) is 0 Å². The Morgan fingerprint density at radius 1 is 0.490 bits per heavy atom. The normalized spacial score (nSPS) is 12.2. The van der Waals surface area contributed by atoms with Gasteiger partial charge in [0.1, 0.15) is 0 Å². The standard InChI is InChI=1S/C46H44N2S/c1-3-5-11-35-19-27-39(28-20-35)47(40-29-21-36(22-30-40)12-6-4-2)41-31-23-37(24-32-41)17-18-38-25-33-42(34-26-38)48-43-13-7-9-15-45(43)49-46-16-10-8-14-44(46)48/h7-10,13-34H,3-6,11-12H2,1-2H3/b18-17+. The summed E-state index contributed by atoms with van der Waals surface area (Å²) in [5.41, 5.74) is 12.3. The monoisotopic (exact) mass is 656 g/mol. The molecule has 1 aliphatic rings. The van der Waals surface area contributed by atoms with E-state index in [4.69, 9.17) is 0 Å². The highest BCUT2D eigenvalue weighted by molar-refractivity contribution is 7.99. The molecule has 2 nitrogen and oxygen atoms in total. The maximum atomic E-state index is 2.37. The van der Waals surface area contributed by atoms with Gasteiger partial charge in [0.15, 0.2) is 0 Å². The van der Waals surface area contributed by atoms with Gasteiger partial charge in [-0.2, -0.15) is 0 Å². The predicted molar refractivity (Wildman–Crippen MR) is 213 cm³/mol. The van der Waals surface area contributed by atoms with E-state index in [0.29, 0.717) is 0 Å². The van der Waals surface area contributed by atoms with E-state index in [1.165, 1.54) is 86.2 Å². The lowest BCUT2D eigenvalue weighted by atomic mass is 10.1. The maximum Gasteiger partial charge on any atom is 0.0601 e. The molecule has 0 saturated heterocycles. The Bertz CT molecular complexity index is 1890. The Labute approximate surface area is 296 Å². The fraction of sp³-hybridized carbons (Fsp3) is 0.174. The number of unbranched alkanes of at least 4 members (excludes halogenated alkanes) is 2. The molecule has 0 fully saturated rings. The number of rotatable bonds is 12. The van der Waals surface area contributed by atoms with E-state index in [9.17, 15) is 0 Å². The van der Waals surface area contributed by atoms with E-state index >= 15 is 0 Å². The molecule has 0 spiro atoms. The molecule has 0 saturated carbocycles. The first-order valence-electron chi connectivity index (χ1n) is 17.7. The van der Waals surface area contributed by atoms with Crippen molar-refractivity contribution < 1.29 is 0 Å². The quantitative estimate of drug-likeness (QED) is 0.121. The van der Waals surface area contributed by atoms with Crippen molar-refractivity contribution in [1.82, 2.24) is 0 Å². The summed E-state index contributed by atoms with van der Waals surface area (Å²) in [6, 6.07) is 53.4. The molecular weight excluding hydrogens is 613 g/mol. The van der Waals surface area contributed by atoms with Gasteiger partial charge in [-0.1, -0.05) is 123 Å². The van der Waals surface area contributed by atoms with Crippen LogP contribution in [0.4, 0.5) is 34.1 Å². The number of benzene rings is 6. The SMILES string of the molecule is CCCCc1ccc(N(c2ccc(/C=C/c3ccc(N4c5ccccc5Sc5ccccc54)cc3)cc2)c2ccc(CCCC)cc2)cc1. The Balaban J connectivity index is 1.11. The van der Waals surface area contributed by atoms with Crippen LogP contribution in [-0.4, -0.2) is 0 Å². The molecule has 0 N–H and O–H groups in total. The van der Waals surface area contributed by atoms with Crippen LogP contribution in [0.25, 0.3) is 12.2 Å². The number of fused-ring (bicyclic) bond motifs is 2. The molecule has 0 aromatic heterocycles. The van der Waals surface area contributed by atoms with Crippen LogP contribution in [0, 0.1) is 0 Å². The summed E-state index contributed by atoms with van der Waals surface area (Å²) in [7, 11) is 0. The molecule has 3 heteroatoms. The van der Waals surface area contributed by atoms with Gasteiger partial charge >= 0.3 is 0 Å². The van der Waals surface area contributed by atoms with Crippen LogP contribution in [0.5, 0.6) is 0 Å². The summed E-state index contributed by atoms with van der Waals surface area (Å²) in [6.07, 6.45) is 11.5. The topological polar surface area (TPSA) is 6.48 Å². The number of nitrogens with zero attached hydrogens (tertiary/aromatic N) is 2. The minimum Gasteiger partial charge on any atom is -0.311 e. The van der Waals surface area contributed by atoms with Crippen LogP contribution >= 0.6 is 11.8 Å². The number of aryl methyl sites for hydroxylation is 2. The Morgan fingerprint density at radius 2 is 0.898 bits per heavy atom. The first kappa shape index (κ1) is 32.6. The molecule has 7 rings (SSSR count). The van der Waals surface area contributed by atoms with Gasteiger partial charge in [0.05, 0.1) is 11.4 Å². The average Bonchev–Trinajstić information content (AvgIpc) is 3.16. The summed E-state index contributed by atoms with van der Waals surface area (Å²) in [6.45, 7) is 4.51. The van der Waals surface area contributed by atoms with E-state index in [2.05, 4.69) is 181 Å². The summed E-state index contributed by atoms with van der Waals surface area (Å²) in [5.74, 6) is 0. The second-order valence-electron chi connectivity index (χ2n) is 12.8. The zero-order valence-electron chi connectivity index (χ0n) is 28.6. The number of hydrogen-bond acceptors (Lipinski definition) is 3. The minimum absolute atomic E-state index is 1.13. The van der Waals surface area contributed by atoms with Crippen LogP contribution in [-0.2, 0) is 12.8 Å². The lowest BCUT2D eigenvalue weighted by Crippen LogP contribution is -2.14. The Kier molecular flexibility index (Phi) is 10.3. The van der Waals surface area contributed by atoms with Gasteiger partial charge in [0.25, 0.3) is 0 Å². The molecule has 0 amide bonds. The van der Waals surface area contributed by atoms with E-state index in [1.807, 2.05) is 11.8 Å². The van der Waals surface area contributed by atoms with E-state index in [0.717, 1.165) is 18.5 Å². The van der Waals surface area contributed by atoms with Crippen molar-refractivity contribution in [2.75, 3.05) is 9.80 Å². The van der Waals surface area contributed by atoms with Crippen molar-refractivity contribution >= 4 is 58.0 Å². The van der Waals surface area contributed by atoms with Crippen molar-refractivity contribution in [3.05, 3.63) is 168 Å². The molecule has 244 valence electrons. The minimum atomic E-state index is 1.13. The summed E-state index contributed by atoms with van der Waals surface area (Å²) >= 11 is 1.84. The number of anilines is 6. The second-order valence-corrected chi connectivity index (χ2v) is 13.8. The van der Waals surface area contributed by atoms with Crippen molar-refractivity contribution in [2.45, 2.75) is 62.2 Å². The lowest BCUT2D eigenvalue weighted by molar-refractivity contribution is 0.795. The molecule has 6 aromatic carbocycles. The van der Waals surface area contributed by atoms with Crippen LogP contribution < -0.4 is 9.80 Å².